The minimum absolute atomic E-state index is 0.405. The molecule has 0 saturated carbocycles. The second-order valence-electron chi connectivity index (χ2n) is 5.37. The first-order valence-electron chi connectivity index (χ1n) is 7.45. The molecule has 0 atom stereocenters. The lowest BCUT2D eigenvalue weighted by Crippen LogP contribution is -2.20. The topological polar surface area (TPSA) is 63.2 Å². The Balaban J connectivity index is 1.89. The van der Waals surface area contributed by atoms with Gasteiger partial charge in [-0.15, -0.1) is 0 Å². The van der Waals surface area contributed by atoms with Crippen molar-refractivity contribution in [1.82, 2.24) is 4.98 Å². The first-order chi connectivity index (χ1) is 12.0. The standard InChI is InChI=1S/C18H15Cl2N3O2/c1-10-8-15(12-7-6-11(19)9-16(12)21-10)23-18(24)22-14-5-3-4-13(20)17(14)25-2/h3-9H,1-2H3,(H2,21,22,23,24). The molecule has 3 aromatic rings. The van der Waals surface area contributed by atoms with E-state index >= 15 is 0 Å². The minimum Gasteiger partial charge on any atom is -0.493 e. The lowest BCUT2D eigenvalue weighted by molar-refractivity contribution is 0.262. The van der Waals surface area contributed by atoms with E-state index in [0.717, 1.165) is 11.1 Å². The smallest absolute Gasteiger partial charge is 0.323 e. The number of hydrogen-bond acceptors (Lipinski definition) is 3. The van der Waals surface area contributed by atoms with Gasteiger partial charge >= 0.3 is 6.03 Å². The first-order valence-corrected chi connectivity index (χ1v) is 8.21. The van der Waals surface area contributed by atoms with Gasteiger partial charge in [0.05, 0.1) is 29.0 Å². The summed E-state index contributed by atoms with van der Waals surface area (Å²) >= 11 is 12.1. The molecule has 25 heavy (non-hydrogen) atoms. The average molecular weight is 376 g/mol. The van der Waals surface area contributed by atoms with Gasteiger partial charge in [0.1, 0.15) is 0 Å². The van der Waals surface area contributed by atoms with Gasteiger partial charge in [-0.25, -0.2) is 4.79 Å². The number of hydrogen-bond donors (Lipinski definition) is 2. The molecule has 2 aromatic carbocycles. The van der Waals surface area contributed by atoms with Gasteiger partial charge in [-0.1, -0.05) is 29.3 Å². The van der Waals surface area contributed by atoms with Gasteiger partial charge in [-0.3, -0.25) is 4.98 Å². The number of aromatic nitrogens is 1. The van der Waals surface area contributed by atoms with Crippen LogP contribution < -0.4 is 15.4 Å². The van der Waals surface area contributed by atoms with E-state index in [1.54, 1.807) is 36.4 Å². The summed E-state index contributed by atoms with van der Waals surface area (Å²) in [5, 5.41) is 7.37. The molecule has 1 heterocycles. The number of ether oxygens (including phenoxy) is 1. The van der Waals surface area contributed by atoms with Crippen molar-refractivity contribution in [2.75, 3.05) is 17.7 Å². The molecule has 5 nitrogen and oxygen atoms in total. The van der Waals surface area contributed by atoms with Gasteiger partial charge in [0.15, 0.2) is 5.75 Å². The minimum atomic E-state index is -0.414. The largest absolute Gasteiger partial charge is 0.493 e. The number of pyridine rings is 1. The zero-order valence-corrected chi connectivity index (χ0v) is 15.1. The van der Waals surface area contributed by atoms with Crippen LogP contribution in [0.1, 0.15) is 5.69 Å². The van der Waals surface area contributed by atoms with Crippen molar-refractivity contribution < 1.29 is 9.53 Å². The summed E-state index contributed by atoms with van der Waals surface area (Å²) < 4.78 is 5.23. The van der Waals surface area contributed by atoms with E-state index in [1.165, 1.54) is 7.11 Å². The molecule has 1 aromatic heterocycles. The van der Waals surface area contributed by atoms with Crippen LogP contribution in [0.2, 0.25) is 10.0 Å². The van der Waals surface area contributed by atoms with Crippen LogP contribution in [0.15, 0.2) is 42.5 Å². The van der Waals surface area contributed by atoms with Crippen molar-refractivity contribution in [3.8, 4) is 5.75 Å². The maximum atomic E-state index is 12.4. The number of urea groups is 1. The van der Waals surface area contributed by atoms with Gasteiger partial charge in [0.25, 0.3) is 0 Å². The SMILES string of the molecule is COc1c(Cl)cccc1NC(=O)Nc1cc(C)nc2cc(Cl)ccc12. The van der Waals surface area contributed by atoms with E-state index in [1.807, 2.05) is 13.0 Å². The summed E-state index contributed by atoms with van der Waals surface area (Å²) in [6.45, 7) is 1.85. The summed E-state index contributed by atoms with van der Waals surface area (Å²) in [6, 6.07) is 11.8. The van der Waals surface area contributed by atoms with Gasteiger partial charge in [0.2, 0.25) is 0 Å². The summed E-state index contributed by atoms with van der Waals surface area (Å²) in [7, 11) is 1.49. The van der Waals surface area contributed by atoms with E-state index in [-0.39, 0.29) is 0 Å². The fourth-order valence-corrected chi connectivity index (χ4v) is 2.95. The summed E-state index contributed by atoms with van der Waals surface area (Å²) in [5.74, 6) is 0.405. The molecule has 0 aliphatic carbocycles. The van der Waals surface area contributed by atoms with Crippen LogP contribution in [0.4, 0.5) is 16.2 Å². The molecule has 2 N–H and O–H groups in total. The van der Waals surface area contributed by atoms with Crippen LogP contribution in [0, 0.1) is 6.92 Å². The molecule has 0 radical (unpaired) electrons. The lowest BCUT2D eigenvalue weighted by atomic mass is 10.1. The number of anilines is 2. The van der Waals surface area contributed by atoms with Crippen molar-refractivity contribution in [3.05, 3.63) is 58.2 Å². The highest BCUT2D eigenvalue weighted by molar-refractivity contribution is 6.32. The highest BCUT2D eigenvalue weighted by Gasteiger charge is 2.12. The molecule has 3 rings (SSSR count). The normalized spacial score (nSPS) is 10.6. The fraction of sp³-hybridized carbons (Fsp3) is 0.111. The molecule has 0 saturated heterocycles. The fourth-order valence-electron chi connectivity index (χ4n) is 2.53. The number of carbonyl (C=O) groups is 1. The van der Waals surface area contributed by atoms with Gasteiger partial charge < -0.3 is 15.4 Å². The number of fused-ring (bicyclic) bond motifs is 1. The highest BCUT2D eigenvalue weighted by Crippen LogP contribution is 2.32. The van der Waals surface area contributed by atoms with E-state index in [0.29, 0.717) is 32.7 Å². The Morgan fingerprint density at radius 3 is 2.60 bits per heavy atom. The van der Waals surface area contributed by atoms with Crippen LogP contribution >= 0.6 is 23.2 Å². The predicted octanol–water partition coefficient (Wildman–Crippen LogP) is 5.50. The maximum absolute atomic E-state index is 12.4. The molecule has 128 valence electrons. The number of rotatable bonds is 3. The van der Waals surface area contributed by atoms with Crippen LogP contribution in [-0.4, -0.2) is 18.1 Å². The molecule has 0 bridgehead atoms. The Hall–Kier alpha value is -2.50. The molecule has 0 fully saturated rings. The van der Waals surface area contributed by atoms with E-state index in [2.05, 4.69) is 15.6 Å². The van der Waals surface area contributed by atoms with Crippen molar-refractivity contribution >= 4 is 51.5 Å². The number of para-hydroxylation sites is 1. The second-order valence-corrected chi connectivity index (χ2v) is 6.22. The monoisotopic (exact) mass is 375 g/mol. The van der Waals surface area contributed by atoms with E-state index < -0.39 is 6.03 Å². The predicted molar refractivity (Wildman–Crippen MR) is 102 cm³/mol. The number of halogens is 2. The number of amides is 2. The molecule has 0 aliphatic rings. The van der Waals surface area contributed by atoms with E-state index in [4.69, 9.17) is 27.9 Å². The van der Waals surface area contributed by atoms with E-state index in [9.17, 15) is 4.79 Å². The quantitative estimate of drug-likeness (QED) is 0.634. The average Bonchev–Trinajstić information content (AvgIpc) is 2.54. The maximum Gasteiger partial charge on any atom is 0.323 e. The Bertz CT molecular complexity index is 955. The summed E-state index contributed by atoms with van der Waals surface area (Å²) in [6.07, 6.45) is 0. The molecule has 2 amide bonds. The molecule has 7 heteroatoms. The van der Waals surface area contributed by atoms with Crippen molar-refractivity contribution in [1.29, 1.82) is 0 Å². The van der Waals surface area contributed by atoms with Crippen LogP contribution in [0.25, 0.3) is 10.9 Å². The van der Waals surface area contributed by atoms with Crippen LogP contribution in [0.3, 0.4) is 0 Å². The third kappa shape index (κ3) is 3.78. The van der Waals surface area contributed by atoms with Gasteiger partial charge in [0, 0.05) is 16.1 Å². The summed E-state index contributed by atoms with van der Waals surface area (Å²) in [5.41, 5.74) is 2.59. The number of aryl methyl sites for hydroxylation is 1. The van der Waals surface area contributed by atoms with Gasteiger partial charge in [-0.05, 0) is 43.3 Å². The van der Waals surface area contributed by atoms with Crippen molar-refractivity contribution in [2.45, 2.75) is 6.92 Å². The molecular formula is C18H15Cl2N3O2. The number of carbonyl (C=O) groups excluding carboxylic acids is 1. The first kappa shape index (κ1) is 17.3. The summed E-state index contributed by atoms with van der Waals surface area (Å²) in [4.78, 5) is 16.8. The molecule has 0 aliphatic heterocycles. The third-order valence-corrected chi connectivity index (χ3v) is 4.10. The third-order valence-electron chi connectivity index (χ3n) is 3.57. The number of methoxy groups -OCH3 is 1. The second kappa shape index (κ2) is 7.17. The number of nitrogens with one attached hydrogen (secondary N) is 2. The molecular weight excluding hydrogens is 361 g/mol. The number of nitrogens with zero attached hydrogens (tertiary/aromatic N) is 1. The number of benzene rings is 2. The Morgan fingerprint density at radius 2 is 1.84 bits per heavy atom. The van der Waals surface area contributed by atoms with Gasteiger partial charge in [-0.2, -0.15) is 0 Å². The van der Waals surface area contributed by atoms with Crippen molar-refractivity contribution in [3.63, 3.8) is 0 Å². The molecule has 0 unspecified atom stereocenters. The Kier molecular flexibility index (Phi) is 4.97. The van der Waals surface area contributed by atoms with Crippen LogP contribution in [-0.2, 0) is 0 Å². The lowest BCUT2D eigenvalue weighted by Gasteiger charge is -2.13. The van der Waals surface area contributed by atoms with Crippen LogP contribution in [0.5, 0.6) is 5.75 Å². The Morgan fingerprint density at radius 1 is 1.08 bits per heavy atom. The highest BCUT2D eigenvalue weighted by atomic mass is 35.5. The van der Waals surface area contributed by atoms with Crippen molar-refractivity contribution in [2.24, 2.45) is 0 Å². The Labute approximate surface area is 154 Å². The molecule has 0 spiro atoms. The zero-order chi connectivity index (χ0) is 18.0. The zero-order valence-electron chi connectivity index (χ0n) is 13.6.